The Hall–Kier alpha value is -3.22. The van der Waals surface area contributed by atoms with E-state index >= 15 is 0 Å². The van der Waals surface area contributed by atoms with Gasteiger partial charge in [0.25, 0.3) is 0 Å². The van der Waals surface area contributed by atoms with Crippen LogP contribution in [0.2, 0.25) is 0 Å². The van der Waals surface area contributed by atoms with Crippen LogP contribution in [0.25, 0.3) is 11.5 Å². The van der Waals surface area contributed by atoms with Crippen LogP contribution in [0.1, 0.15) is 10.4 Å². The Bertz CT molecular complexity index is 928. The molecular weight excluding hydrogens is 315 g/mol. The molecule has 0 amide bonds. The molecule has 3 aromatic rings. The highest BCUT2D eigenvalue weighted by Gasteiger charge is 2.17. The highest BCUT2D eigenvalue weighted by atomic mass is 19.1. The van der Waals surface area contributed by atoms with Crippen molar-refractivity contribution in [2.75, 3.05) is 7.11 Å². The summed E-state index contributed by atoms with van der Waals surface area (Å²) in [5, 5.41) is 3.98. The second-order valence-corrected chi connectivity index (χ2v) is 4.96. The number of methoxy groups -OCH3 is 1. The monoisotopic (exact) mass is 328 g/mol. The lowest BCUT2D eigenvalue weighted by molar-refractivity contribution is 0.0962. The van der Waals surface area contributed by atoms with Gasteiger partial charge in [0, 0.05) is 5.56 Å². The van der Waals surface area contributed by atoms with Gasteiger partial charge in [-0.3, -0.25) is 4.79 Å². The molecule has 2 aromatic carbocycles. The molecule has 24 heavy (non-hydrogen) atoms. The first-order chi connectivity index (χ1) is 11.6. The third-order valence-corrected chi connectivity index (χ3v) is 3.40. The van der Waals surface area contributed by atoms with Crippen molar-refractivity contribution in [2.24, 2.45) is 0 Å². The van der Waals surface area contributed by atoms with Crippen LogP contribution < -0.4 is 10.5 Å². The molecule has 0 N–H and O–H groups in total. The smallest absolute Gasteiger partial charge is 0.437 e. The van der Waals surface area contributed by atoms with Crippen LogP contribution in [0.4, 0.5) is 4.39 Å². The maximum Gasteiger partial charge on any atom is 0.437 e. The molecule has 0 bridgehead atoms. The molecule has 0 spiro atoms. The van der Waals surface area contributed by atoms with Gasteiger partial charge < -0.3 is 9.15 Å². The number of carbonyl (C=O) groups excluding carboxylic acids is 1. The van der Waals surface area contributed by atoms with Gasteiger partial charge in [-0.1, -0.05) is 12.1 Å². The van der Waals surface area contributed by atoms with Crippen molar-refractivity contribution in [2.45, 2.75) is 6.54 Å². The lowest BCUT2D eigenvalue weighted by Crippen LogP contribution is -2.21. The Balaban J connectivity index is 1.87. The molecule has 0 fully saturated rings. The van der Waals surface area contributed by atoms with E-state index in [1.165, 1.54) is 31.4 Å². The second kappa shape index (κ2) is 6.49. The summed E-state index contributed by atoms with van der Waals surface area (Å²) in [5.74, 6) is -1.08. The summed E-state index contributed by atoms with van der Waals surface area (Å²) in [6, 6.07) is 12.0. The zero-order valence-electron chi connectivity index (χ0n) is 12.7. The fourth-order valence-corrected chi connectivity index (χ4v) is 2.21. The first kappa shape index (κ1) is 15.7. The summed E-state index contributed by atoms with van der Waals surface area (Å²) in [4.78, 5) is 24.2. The number of benzene rings is 2. The van der Waals surface area contributed by atoms with Crippen LogP contribution in [0.15, 0.2) is 57.7 Å². The third-order valence-electron chi connectivity index (χ3n) is 3.40. The quantitative estimate of drug-likeness (QED) is 0.673. The van der Waals surface area contributed by atoms with Gasteiger partial charge in [-0.2, -0.15) is 4.68 Å². The summed E-state index contributed by atoms with van der Waals surface area (Å²) in [6.45, 7) is -0.288. The van der Waals surface area contributed by atoms with Crippen molar-refractivity contribution >= 4 is 5.78 Å². The number of aromatic nitrogens is 2. The molecule has 122 valence electrons. The van der Waals surface area contributed by atoms with E-state index in [-0.39, 0.29) is 18.2 Å². The van der Waals surface area contributed by atoms with E-state index in [0.29, 0.717) is 16.9 Å². The van der Waals surface area contributed by atoms with Crippen molar-refractivity contribution in [3.8, 4) is 17.2 Å². The van der Waals surface area contributed by atoms with Crippen molar-refractivity contribution in [1.29, 1.82) is 0 Å². The Morgan fingerprint density at radius 1 is 1.21 bits per heavy atom. The van der Waals surface area contributed by atoms with E-state index in [1.807, 2.05) is 0 Å². The maximum atomic E-state index is 12.9. The number of Topliss-reactive ketones (excluding diaryl/α,β-unsaturated/α-hetero) is 1. The molecule has 1 heterocycles. The Kier molecular flexibility index (Phi) is 4.24. The van der Waals surface area contributed by atoms with E-state index in [2.05, 4.69) is 5.10 Å². The van der Waals surface area contributed by atoms with E-state index in [1.54, 1.807) is 24.3 Å². The molecule has 0 radical (unpaired) electrons. The number of carbonyl (C=O) groups is 1. The zero-order valence-corrected chi connectivity index (χ0v) is 12.7. The number of para-hydroxylation sites is 1. The number of nitrogens with zero attached hydrogens (tertiary/aromatic N) is 2. The predicted molar refractivity (Wildman–Crippen MR) is 83.5 cm³/mol. The summed E-state index contributed by atoms with van der Waals surface area (Å²) < 4.78 is 24.0. The molecule has 3 rings (SSSR count). The molecule has 0 aliphatic carbocycles. The van der Waals surface area contributed by atoms with E-state index < -0.39 is 11.6 Å². The normalized spacial score (nSPS) is 10.6. The largest absolute Gasteiger partial charge is 0.496 e. The number of rotatable bonds is 5. The molecular formula is C17H13FN2O4. The van der Waals surface area contributed by atoms with Gasteiger partial charge in [-0.05, 0) is 36.4 Å². The summed E-state index contributed by atoms with van der Waals surface area (Å²) in [6.07, 6.45) is 0. The SMILES string of the molecule is COc1ccccc1C(=O)Cn1nc(-c2ccc(F)cc2)oc1=O. The van der Waals surface area contributed by atoms with Gasteiger partial charge in [0.2, 0.25) is 5.89 Å². The van der Waals surface area contributed by atoms with Gasteiger partial charge in [-0.15, -0.1) is 5.10 Å². The third kappa shape index (κ3) is 3.10. The first-order valence-corrected chi connectivity index (χ1v) is 7.08. The molecule has 6 nitrogen and oxygen atoms in total. The Morgan fingerprint density at radius 2 is 1.92 bits per heavy atom. The minimum atomic E-state index is -0.766. The molecule has 1 aromatic heterocycles. The lowest BCUT2D eigenvalue weighted by Gasteiger charge is -2.06. The summed E-state index contributed by atoms with van der Waals surface area (Å²) >= 11 is 0. The molecule has 0 aliphatic rings. The second-order valence-electron chi connectivity index (χ2n) is 4.96. The molecule has 0 saturated heterocycles. The van der Waals surface area contributed by atoms with Crippen LogP contribution in [-0.2, 0) is 6.54 Å². The molecule has 0 saturated carbocycles. The van der Waals surface area contributed by atoms with Crippen molar-refractivity contribution in [3.63, 3.8) is 0 Å². The minimum absolute atomic E-state index is 0.0211. The maximum absolute atomic E-state index is 12.9. The first-order valence-electron chi connectivity index (χ1n) is 7.08. The van der Waals surface area contributed by atoms with E-state index in [0.717, 1.165) is 4.68 Å². The fourth-order valence-electron chi connectivity index (χ4n) is 2.21. The topological polar surface area (TPSA) is 74.3 Å². The lowest BCUT2D eigenvalue weighted by atomic mass is 10.1. The van der Waals surface area contributed by atoms with Crippen molar-refractivity contribution < 1.29 is 18.3 Å². The van der Waals surface area contributed by atoms with Crippen LogP contribution in [-0.4, -0.2) is 22.7 Å². The number of hydrogen-bond donors (Lipinski definition) is 0. The molecule has 0 atom stereocenters. The van der Waals surface area contributed by atoms with Crippen molar-refractivity contribution in [3.05, 3.63) is 70.5 Å². The predicted octanol–water partition coefficient (Wildman–Crippen LogP) is 2.53. The zero-order chi connectivity index (χ0) is 17.1. The van der Waals surface area contributed by atoms with Crippen LogP contribution in [0.3, 0.4) is 0 Å². The van der Waals surface area contributed by atoms with Gasteiger partial charge in [0.1, 0.15) is 18.1 Å². The standard InChI is InChI=1S/C17H13FN2O4/c1-23-15-5-3-2-4-13(15)14(21)10-20-17(22)24-16(19-20)11-6-8-12(18)9-7-11/h2-9H,10H2,1H3. The average molecular weight is 328 g/mol. The van der Waals surface area contributed by atoms with Crippen LogP contribution >= 0.6 is 0 Å². The number of halogens is 1. The van der Waals surface area contributed by atoms with Gasteiger partial charge in [0.05, 0.1) is 12.7 Å². The number of hydrogen-bond acceptors (Lipinski definition) is 5. The van der Waals surface area contributed by atoms with Gasteiger partial charge >= 0.3 is 5.76 Å². The molecule has 0 aliphatic heterocycles. The van der Waals surface area contributed by atoms with Crippen LogP contribution in [0, 0.1) is 5.82 Å². The van der Waals surface area contributed by atoms with Crippen molar-refractivity contribution in [1.82, 2.24) is 9.78 Å². The van der Waals surface area contributed by atoms with Gasteiger partial charge in [0.15, 0.2) is 5.78 Å². The number of ether oxygens (including phenoxy) is 1. The molecule has 0 unspecified atom stereocenters. The minimum Gasteiger partial charge on any atom is -0.496 e. The average Bonchev–Trinajstić information content (AvgIpc) is 2.96. The Labute approximate surface area is 136 Å². The van der Waals surface area contributed by atoms with Gasteiger partial charge in [-0.25, -0.2) is 9.18 Å². The molecule has 7 heteroatoms. The van der Waals surface area contributed by atoms with E-state index in [9.17, 15) is 14.0 Å². The summed E-state index contributed by atoms with van der Waals surface area (Å²) in [7, 11) is 1.46. The highest BCUT2D eigenvalue weighted by Crippen LogP contribution is 2.19. The highest BCUT2D eigenvalue weighted by molar-refractivity contribution is 5.98. The fraction of sp³-hybridized carbons (Fsp3) is 0.118. The number of ketones is 1. The van der Waals surface area contributed by atoms with Crippen LogP contribution in [0.5, 0.6) is 5.75 Å². The van der Waals surface area contributed by atoms with E-state index in [4.69, 9.17) is 9.15 Å². The Morgan fingerprint density at radius 3 is 2.62 bits per heavy atom. The summed E-state index contributed by atoms with van der Waals surface area (Å²) in [5.41, 5.74) is 0.787.